The van der Waals surface area contributed by atoms with Crippen molar-refractivity contribution in [2.45, 2.75) is 13.0 Å². The Balaban J connectivity index is 3.01. The Morgan fingerprint density at radius 3 is 2.79 bits per heavy atom. The lowest BCUT2D eigenvalue weighted by Gasteiger charge is -2.04. The molecule has 14 heavy (non-hydrogen) atoms. The molecule has 0 amide bonds. The summed E-state index contributed by atoms with van der Waals surface area (Å²) in [4.78, 5) is 13.0. The molecule has 0 saturated carbocycles. The van der Waals surface area contributed by atoms with Crippen molar-refractivity contribution in [2.75, 3.05) is 0 Å². The van der Waals surface area contributed by atoms with Crippen molar-refractivity contribution in [3.05, 3.63) is 29.3 Å². The Labute approximate surface area is 78.7 Å². The fraction of sp³-hybridized carbons (Fsp3) is 0.222. The number of isocyanates is 1. The monoisotopic (exact) mass is 199 g/mol. The molecule has 0 atom stereocenters. The summed E-state index contributed by atoms with van der Waals surface area (Å²) in [5.41, 5.74) is -0.0231. The Hall–Kier alpha value is -1.74. The molecule has 0 aliphatic rings. The van der Waals surface area contributed by atoms with Crippen molar-refractivity contribution in [1.29, 1.82) is 0 Å². The van der Waals surface area contributed by atoms with Gasteiger partial charge in [-0.3, -0.25) is 0 Å². The average molecular weight is 199 g/mol. The van der Waals surface area contributed by atoms with Gasteiger partial charge < -0.3 is 5.11 Å². The van der Waals surface area contributed by atoms with Gasteiger partial charge in [-0.1, -0.05) is 0 Å². The van der Waals surface area contributed by atoms with Gasteiger partial charge in [-0.15, -0.1) is 0 Å². The molecule has 74 valence electrons. The number of hydrogen-bond donors (Lipinski definition) is 1. The second-order valence-electron chi connectivity index (χ2n) is 2.60. The number of benzene rings is 1. The van der Waals surface area contributed by atoms with Crippen LogP contribution in [0.3, 0.4) is 0 Å². The molecule has 0 aliphatic heterocycles. The molecule has 1 rings (SSSR count). The van der Waals surface area contributed by atoms with Crippen LogP contribution in [0.1, 0.15) is 17.6 Å². The SMILES string of the molecule is O=C=NCc1cc(C(F)F)ccc1O. The minimum absolute atomic E-state index is 0.143. The number of carbonyl (C=O) groups excluding carboxylic acids is 1. The highest BCUT2D eigenvalue weighted by Gasteiger charge is 2.09. The zero-order chi connectivity index (χ0) is 10.6. The van der Waals surface area contributed by atoms with E-state index in [4.69, 9.17) is 0 Å². The van der Waals surface area contributed by atoms with Gasteiger partial charge in [-0.25, -0.2) is 18.6 Å². The van der Waals surface area contributed by atoms with E-state index in [1.165, 1.54) is 6.08 Å². The predicted octanol–water partition coefficient (Wildman–Crippen LogP) is 2.17. The molecule has 3 nitrogen and oxygen atoms in total. The van der Waals surface area contributed by atoms with Crippen molar-refractivity contribution < 1.29 is 18.7 Å². The number of hydrogen-bond acceptors (Lipinski definition) is 3. The molecule has 0 fully saturated rings. The van der Waals surface area contributed by atoms with Gasteiger partial charge in [0.2, 0.25) is 6.08 Å². The van der Waals surface area contributed by atoms with E-state index in [1.807, 2.05) is 0 Å². The van der Waals surface area contributed by atoms with E-state index >= 15 is 0 Å². The van der Waals surface area contributed by atoms with E-state index in [-0.39, 0.29) is 23.4 Å². The third kappa shape index (κ3) is 2.37. The Kier molecular flexibility index (Phi) is 3.31. The predicted molar refractivity (Wildman–Crippen MR) is 44.9 cm³/mol. The van der Waals surface area contributed by atoms with Crippen LogP contribution in [-0.4, -0.2) is 11.2 Å². The molecule has 1 aromatic rings. The first-order valence-corrected chi connectivity index (χ1v) is 3.78. The van der Waals surface area contributed by atoms with E-state index in [2.05, 4.69) is 4.99 Å². The lowest BCUT2D eigenvalue weighted by atomic mass is 10.1. The summed E-state index contributed by atoms with van der Waals surface area (Å²) >= 11 is 0. The van der Waals surface area contributed by atoms with Crippen LogP contribution in [0.15, 0.2) is 23.2 Å². The minimum atomic E-state index is -2.60. The largest absolute Gasteiger partial charge is 0.508 e. The van der Waals surface area contributed by atoms with Crippen LogP contribution in [0, 0.1) is 0 Å². The second kappa shape index (κ2) is 4.48. The third-order valence-electron chi connectivity index (χ3n) is 1.67. The summed E-state index contributed by atoms with van der Waals surface area (Å²) in [5, 5.41) is 9.21. The molecule has 0 radical (unpaired) electrons. The van der Waals surface area contributed by atoms with Crippen LogP contribution >= 0.6 is 0 Å². The standard InChI is InChI=1S/C9H7F2NO2/c10-9(11)6-1-2-8(14)7(3-6)4-12-5-13/h1-3,9,14H,4H2. The van der Waals surface area contributed by atoms with E-state index in [0.717, 1.165) is 18.2 Å². The fourth-order valence-corrected chi connectivity index (χ4v) is 0.985. The summed E-state index contributed by atoms with van der Waals surface area (Å²) < 4.78 is 24.4. The summed E-state index contributed by atoms with van der Waals surface area (Å²) in [7, 11) is 0. The molecule has 0 bridgehead atoms. The van der Waals surface area contributed by atoms with E-state index in [9.17, 15) is 18.7 Å². The van der Waals surface area contributed by atoms with Gasteiger partial charge in [0.1, 0.15) is 5.75 Å². The number of nitrogens with zero attached hydrogens (tertiary/aromatic N) is 1. The molecule has 0 heterocycles. The van der Waals surface area contributed by atoms with Crippen LogP contribution < -0.4 is 0 Å². The molecule has 0 unspecified atom stereocenters. The quantitative estimate of drug-likeness (QED) is 0.599. The first-order chi connectivity index (χ1) is 6.65. The average Bonchev–Trinajstić information content (AvgIpc) is 2.16. The van der Waals surface area contributed by atoms with Crippen LogP contribution in [0.5, 0.6) is 5.75 Å². The maximum Gasteiger partial charge on any atom is 0.263 e. The van der Waals surface area contributed by atoms with Gasteiger partial charge in [0.25, 0.3) is 6.43 Å². The summed E-state index contributed by atoms with van der Waals surface area (Å²) in [6.07, 6.45) is -1.33. The first kappa shape index (κ1) is 10.3. The van der Waals surface area contributed by atoms with Gasteiger partial charge in [-0.05, 0) is 18.2 Å². The van der Waals surface area contributed by atoms with Crippen LogP contribution in [0.4, 0.5) is 8.78 Å². The molecule has 0 saturated heterocycles. The molecule has 0 spiro atoms. The Bertz CT molecular complexity index is 373. The number of rotatable bonds is 3. The Morgan fingerprint density at radius 2 is 2.21 bits per heavy atom. The molecular weight excluding hydrogens is 192 g/mol. The maximum absolute atomic E-state index is 12.2. The number of halogens is 2. The van der Waals surface area contributed by atoms with Crippen molar-refractivity contribution >= 4 is 6.08 Å². The van der Waals surface area contributed by atoms with Crippen LogP contribution in [0.25, 0.3) is 0 Å². The molecule has 1 N–H and O–H groups in total. The number of alkyl halides is 2. The molecule has 0 aliphatic carbocycles. The van der Waals surface area contributed by atoms with Gasteiger partial charge in [0.15, 0.2) is 0 Å². The highest BCUT2D eigenvalue weighted by atomic mass is 19.3. The van der Waals surface area contributed by atoms with Crippen molar-refractivity contribution in [1.82, 2.24) is 0 Å². The minimum Gasteiger partial charge on any atom is -0.508 e. The normalized spacial score (nSPS) is 9.93. The number of phenols is 1. The van der Waals surface area contributed by atoms with Crippen LogP contribution in [0.2, 0.25) is 0 Å². The van der Waals surface area contributed by atoms with Crippen molar-refractivity contribution in [3.63, 3.8) is 0 Å². The van der Waals surface area contributed by atoms with Gasteiger partial charge >= 0.3 is 0 Å². The first-order valence-electron chi connectivity index (χ1n) is 3.78. The van der Waals surface area contributed by atoms with Crippen molar-refractivity contribution in [3.8, 4) is 5.75 Å². The maximum atomic E-state index is 12.2. The van der Waals surface area contributed by atoms with Crippen molar-refractivity contribution in [2.24, 2.45) is 4.99 Å². The highest BCUT2D eigenvalue weighted by molar-refractivity contribution is 5.39. The van der Waals surface area contributed by atoms with E-state index in [0.29, 0.717) is 0 Å². The number of phenolic OH excluding ortho intramolecular Hbond substituents is 1. The summed E-state index contributed by atoms with van der Waals surface area (Å²) in [5.74, 6) is -0.159. The van der Waals surface area contributed by atoms with Gasteiger partial charge in [-0.2, -0.15) is 0 Å². The van der Waals surface area contributed by atoms with Gasteiger partial charge in [0, 0.05) is 11.1 Å². The molecular formula is C9H7F2NO2. The van der Waals surface area contributed by atoms with E-state index in [1.54, 1.807) is 0 Å². The number of aromatic hydroxyl groups is 1. The summed E-state index contributed by atoms with van der Waals surface area (Å²) in [6, 6.07) is 3.38. The third-order valence-corrected chi connectivity index (χ3v) is 1.67. The smallest absolute Gasteiger partial charge is 0.263 e. The highest BCUT2D eigenvalue weighted by Crippen LogP contribution is 2.25. The fourth-order valence-electron chi connectivity index (χ4n) is 0.985. The zero-order valence-electron chi connectivity index (χ0n) is 7.08. The lowest BCUT2D eigenvalue weighted by Crippen LogP contribution is -1.88. The summed E-state index contributed by atoms with van der Waals surface area (Å²) in [6.45, 7) is -0.143. The lowest BCUT2D eigenvalue weighted by molar-refractivity contribution is 0.151. The zero-order valence-corrected chi connectivity index (χ0v) is 7.08. The molecule has 0 aromatic heterocycles. The topological polar surface area (TPSA) is 49.7 Å². The van der Waals surface area contributed by atoms with E-state index < -0.39 is 6.43 Å². The van der Waals surface area contributed by atoms with Crippen LogP contribution in [-0.2, 0) is 11.3 Å². The second-order valence-corrected chi connectivity index (χ2v) is 2.60. The molecule has 5 heteroatoms. The van der Waals surface area contributed by atoms with Gasteiger partial charge in [0.05, 0.1) is 6.54 Å². The Morgan fingerprint density at radius 1 is 1.50 bits per heavy atom. The molecule has 1 aromatic carbocycles. The number of aliphatic imine (C=N–C) groups is 1.